The molecular formula is C18H28N4O2. The molecule has 1 heterocycles. The van der Waals surface area contributed by atoms with Gasteiger partial charge >= 0.3 is 6.09 Å². The molecule has 1 atom stereocenters. The van der Waals surface area contributed by atoms with E-state index < -0.39 is 11.7 Å². The van der Waals surface area contributed by atoms with Gasteiger partial charge in [-0.15, -0.1) is 0 Å². The molecular weight excluding hydrogens is 304 g/mol. The van der Waals surface area contributed by atoms with Crippen LogP contribution in [0.5, 0.6) is 0 Å². The number of hydrogen-bond donors (Lipinski definition) is 2. The molecule has 0 aliphatic rings. The van der Waals surface area contributed by atoms with E-state index in [1.54, 1.807) is 0 Å². The van der Waals surface area contributed by atoms with Crippen molar-refractivity contribution in [1.82, 2.24) is 14.9 Å². The van der Waals surface area contributed by atoms with E-state index in [-0.39, 0.29) is 6.04 Å². The van der Waals surface area contributed by atoms with E-state index in [1.165, 1.54) is 0 Å². The Morgan fingerprint density at radius 3 is 2.75 bits per heavy atom. The number of carbonyl (C=O) groups excluding carboxylic acids is 1. The highest BCUT2D eigenvalue weighted by Gasteiger charge is 2.17. The number of para-hydroxylation sites is 2. The van der Waals surface area contributed by atoms with Crippen LogP contribution in [0.15, 0.2) is 24.3 Å². The number of nitrogens with zero attached hydrogens (tertiary/aromatic N) is 2. The summed E-state index contributed by atoms with van der Waals surface area (Å²) in [6.07, 6.45) is 1.13. The van der Waals surface area contributed by atoms with Crippen LogP contribution < -0.4 is 11.1 Å². The molecule has 1 amide bonds. The number of hydrogen-bond acceptors (Lipinski definition) is 4. The number of imidazole rings is 1. The summed E-state index contributed by atoms with van der Waals surface area (Å²) in [5.41, 5.74) is 7.92. The van der Waals surface area contributed by atoms with Gasteiger partial charge < -0.3 is 20.4 Å². The number of alkyl carbamates (subject to hydrolysis) is 1. The van der Waals surface area contributed by atoms with Gasteiger partial charge in [0.15, 0.2) is 0 Å². The lowest BCUT2D eigenvalue weighted by atomic mass is 10.1. The predicted octanol–water partition coefficient (Wildman–Crippen LogP) is 3.36. The maximum atomic E-state index is 11.6. The van der Waals surface area contributed by atoms with Gasteiger partial charge in [-0.1, -0.05) is 12.1 Å². The van der Waals surface area contributed by atoms with Gasteiger partial charge in [0.2, 0.25) is 0 Å². The molecule has 6 heteroatoms. The minimum absolute atomic E-state index is 0.155. The summed E-state index contributed by atoms with van der Waals surface area (Å²) >= 11 is 0. The third kappa shape index (κ3) is 4.71. The Balaban J connectivity index is 1.89. The van der Waals surface area contributed by atoms with Gasteiger partial charge in [-0.2, -0.15) is 0 Å². The van der Waals surface area contributed by atoms with E-state index in [1.807, 2.05) is 39.0 Å². The second-order valence-electron chi connectivity index (χ2n) is 6.88. The highest BCUT2D eigenvalue weighted by molar-refractivity contribution is 5.76. The zero-order valence-corrected chi connectivity index (χ0v) is 15.0. The second-order valence-corrected chi connectivity index (χ2v) is 6.88. The lowest BCUT2D eigenvalue weighted by Gasteiger charge is -2.20. The molecule has 24 heavy (non-hydrogen) atoms. The minimum Gasteiger partial charge on any atom is -0.444 e. The average molecular weight is 332 g/mol. The number of nitrogens with one attached hydrogen (secondary N) is 1. The lowest BCUT2D eigenvalue weighted by Crippen LogP contribution is -2.33. The topological polar surface area (TPSA) is 82.2 Å². The van der Waals surface area contributed by atoms with Crippen molar-refractivity contribution >= 4 is 17.1 Å². The number of carbonyl (C=O) groups is 1. The fraction of sp³-hybridized carbons (Fsp3) is 0.556. The van der Waals surface area contributed by atoms with Crippen molar-refractivity contribution in [1.29, 1.82) is 0 Å². The van der Waals surface area contributed by atoms with Crippen molar-refractivity contribution in [3.8, 4) is 0 Å². The van der Waals surface area contributed by atoms with Crippen LogP contribution in [-0.2, 0) is 11.3 Å². The molecule has 0 saturated carbocycles. The van der Waals surface area contributed by atoms with Crippen LogP contribution in [0.2, 0.25) is 0 Å². The number of fused-ring (bicyclic) bond motifs is 1. The van der Waals surface area contributed by atoms with E-state index in [9.17, 15) is 4.79 Å². The molecule has 0 radical (unpaired) electrons. The maximum absolute atomic E-state index is 11.6. The number of rotatable bonds is 6. The summed E-state index contributed by atoms with van der Waals surface area (Å²) in [5, 5.41) is 2.76. The number of ether oxygens (including phenoxy) is 1. The molecule has 2 rings (SSSR count). The van der Waals surface area contributed by atoms with Gasteiger partial charge in [-0.3, -0.25) is 0 Å². The van der Waals surface area contributed by atoms with E-state index in [0.29, 0.717) is 6.54 Å². The van der Waals surface area contributed by atoms with Crippen LogP contribution >= 0.6 is 0 Å². The zero-order valence-electron chi connectivity index (χ0n) is 15.0. The molecule has 0 aliphatic heterocycles. The maximum Gasteiger partial charge on any atom is 0.407 e. The summed E-state index contributed by atoms with van der Waals surface area (Å²) in [7, 11) is 0. The highest BCUT2D eigenvalue weighted by atomic mass is 16.6. The van der Waals surface area contributed by atoms with Crippen molar-refractivity contribution in [2.24, 2.45) is 5.73 Å². The van der Waals surface area contributed by atoms with Crippen molar-refractivity contribution in [3.63, 3.8) is 0 Å². The third-order valence-electron chi connectivity index (χ3n) is 3.69. The van der Waals surface area contributed by atoms with Gasteiger partial charge in [0, 0.05) is 13.1 Å². The normalized spacial score (nSPS) is 13.0. The first-order chi connectivity index (χ1) is 11.3. The minimum atomic E-state index is -0.480. The summed E-state index contributed by atoms with van der Waals surface area (Å²) in [6.45, 7) is 9.00. The number of nitrogens with two attached hydrogens (primary N) is 1. The molecule has 132 valence electrons. The first-order valence-corrected chi connectivity index (χ1v) is 8.49. The number of benzene rings is 1. The molecule has 1 unspecified atom stereocenters. The van der Waals surface area contributed by atoms with Crippen LogP contribution in [0.4, 0.5) is 4.79 Å². The molecule has 1 aromatic carbocycles. The standard InChI is InChI=1S/C18H28N4O2/c1-5-22-15-11-7-6-10-14(15)21-16(22)13(19)9-8-12-20-17(23)24-18(2,3)4/h6-7,10-11,13H,5,8-9,12,19H2,1-4H3,(H,20,23). The molecule has 0 aliphatic carbocycles. The van der Waals surface area contributed by atoms with Crippen LogP contribution in [0, 0.1) is 0 Å². The lowest BCUT2D eigenvalue weighted by molar-refractivity contribution is 0.0526. The molecule has 6 nitrogen and oxygen atoms in total. The molecule has 1 aromatic heterocycles. The van der Waals surface area contributed by atoms with Crippen LogP contribution in [0.25, 0.3) is 11.0 Å². The molecule has 3 N–H and O–H groups in total. The molecule has 0 fully saturated rings. The van der Waals surface area contributed by atoms with Crippen molar-refractivity contribution < 1.29 is 9.53 Å². The largest absolute Gasteiger partial charge is 0.444 e. The zero-order chi connectivity index (χ0) is 17.7. The van der Waals surface area contributed by atoms with Gasteiger partial charge in [-0.25, -0.2) is 9.78 Å². The second kappa shape index (κ2) is 7.66. The van der Waals surface area contributed by atoms with E-state index >= 15 is 0 Å². The average Bonchev–Trinajstić information content (AvgIpc) is 2.88. The Morgan fingerprint density at radius 1 is 1.38 bits per heavy atom. The smallest absolute Gasteiger partial charge is 0.407 e. The Labute approximate surface area is 143 Å². The Bertz CT molecular complexity index is 688. The number of aromatic nitrogens is 2. The summed E-state index contributed by atoms with van der Waals surface area (Å²) < 4.78 is 7.36. The van der Waals surface area contributed by atoms with Gasteiger partial charge in [0.1, 0.15) is 11.4 Å². The Morgan fingerprint density at radius 2 is 2.08 bits per heavy atom. The van der Waals surface area contributed by atoms with Gasteiger partial charge in [0.25, 0.3) is 0 Å². The fourth-order valence-corrected chi connectivity index (χ4v) is 2.67. The Kier molecular flexibility index (Phi) is 5.83. The predicted molar refractivity (Wildman–Crippen MR) is 95.8 cm³/mol. The monoisotopic (exact) mass is 332 g/mol. The number of aryl methyl sites for hydroxylation is 1. The highest BCUT2D eigenvalue weighted by Crippen LogP contribution is 2.22. The number of amides is 1. The SMILES string of the molecule is CCn1c(C(N)CCCNC(=O)OC(C)(C)C)nc2ccccc21. The molecule has 0 spiro atoms. The van der Waals surface area contributed by atoms with Crippen molar-refractivity contribution in [2.75, 3.05) is 6.54 Å². The van der Waals surface area contributed by atoms with E-state index in [4.69, 9.17) is 10.5 Å². The molecule has 2 aromatic rings. The van der Waals surface area contributed by atoms with E-state index in [0.717, 1.165) is 36.2 Å². The quantitative estimate of drug-likeness (QED) is 0.795. The van der Waals surface area contributed by atoms with Crippen LogP contribution in [0.3, 0.4) is 0 Å². The van der Waals surface area contributed by atoms with Gasteiger partial charge in [-0.05, 0) is 52.7 Å². The fourth-order valence-electron chi connectivity index (χ4n) is 2.67. The first kappa shape index (κ1) is 18.3. The van der Waals surface area contributed by atoms with E-state index in [2.05, 4.69) is 27.9 Å². The van der Waals surface area contributed by atoms with Crippen molar-refractivity contribution in [3.05, 3.63) is 30.1 Å². The Hall–Kier alpha value is -2.08. The first-order valence-electron chi connectivity index (χ1n) is 8.49. The third-order valence-corrected chi connectivity index (χ3v) is 3.69. The van der Waals surface area contributed by atoms with Crippen LogP contribution in [0.1, 0.15) is 52.4 Å². The van der Waals surface area contributed by atoms with Gasteiger partial charge in [0.05, 0.1) is 17.1 Å². The summed E-state index contributed by atoms with van der Waals surface area (Å²) in [5.74, 6) is 0.899. The van der Waals surface area contributed by atoms with Crippen LogP contribution in [-0.4, -0.2) is 27.8 Å². The molecule has 0 saturated heterocycles. The molecule has 0 bridgehead atoms. The summed E-state index contributed by atoms with van der Waals surface area (Å²) in [4.78, 5) is 16.3. The van der Waals surface area contributed by atoms with Crippen molar-refractivity contribution in [2.45, 2.75) is 58.7 Å². The summed E-state index contributed by atoms with van der Waals surface area (Å²) in [6, 6.07) is 7.90.